The molecule has 1 rings (SSSR count). The van der Waals surface area contributed by atoms with Gasteiger partial charge in [-0.2, -0.15) is 24.9 Å². The smallest absolute Gasteiger partial charge is 0.405 e. The minimum atomic E-state index is -4.56. The standard InChI is InChI=1S/C11H15F3N2O4S/c12-11(13,14)6-15-7(17)5-8(18)16-10(9(19)20)1-3-21-4-2-10/h1-6H2,(H,15,17)(H,16,18)(H,19,20). The highest BCUT2D eigenvalue weighted by atomic mass is 32.2. The maximum absolute atomic E-state index is 11.9. The molecule has 0 aromatic carbocycles. The molecule has 3 N–H and O–H groups in total. The number of carboxylic acids is 1. The lowest BCUT2D eigenvalue weighted by molar-refractivity contribution is -0.149. The van der Waals surface area contributed by atoms with Crippen LogP contribution in [0.1, 0.15) is 19.3 Å². The van der Waals surface area contributed by atoms with Crippen LogP contribution in [0.5, 0.6) is 0 Å². The maximum Gasteiger partial charge on any atom is 0.405 e. The predicted octanol–water partition coefficient (Wildman–Crippen LogP) is 0.522. The van der Waals surface area contributed by atoms with Crippen molar-refractivity contribution in [1.82, 2.24) is 10.6 Å². The van der Waals surface area contributed by atoms with E-state index in [2.05, 4.69) is 5.32 Å². The number of alkyl halides is 3. The Bertz CT molecular complexity index is 422. The molecule has 120 valence electrons. The third-order valence-electron chi connectivity index (χ3n) is 2.94. The third kappa shape index (κ3) is 5.82. The first kappa shape index (κ1) is 17.6. The number of carbonyl (C=O) groups is 3. The molecular weight excluding hydrogens is 313 g/mol. The van der Waals surface area contributed by atoms with E-state index in [0.717, 1.165) is 0 Å². The Balaban J connectivity index is 2.51. The number of aliphatic carboxylic acids is 1. The average molecular weight is 328 g/mol. The second-order valence-electron chi connectivity index (χ2n) is 4.62. The zero-order chi connectivity index (χ0) is 16.1. The van der Waals surface area contributed by atoms with Gasteiger partial charge in [-0.15, -0.1) is 0 Å². The molecule has 0 saturated carbocycles. The van der Waals surface area contributed by atoms with Gasteiger partial charge >= 0.3 is 12.1 Å². The van der Waals surface area contributed by atoms with Crippen LogP contribution in [0.3, 0.4) is 0 Å². The summed E-state index contributed by atoms with van der Waals surface area (Å²) in [5.74, 6) is -2.11. The van der Waals surface area contributed by atoms with Gasteiger partial charge in [0.25, 0.3) is 0 Å². The highest BCUT2D eigenvalue weighted by molar-refractivity contribution is 7.99. The Morgan fingerprint density at radius 2 is 1.71 bits per heavy atom. The summed E-state index contributed by atoms with van der Waals surface area (Å²) in [5.41, 5.74) is -1.44. The van der Waals surface area contributed by atoms with Crippen LogP contribution in [-0.2, 0) is 14.4 Å². The monoisotopic (exact) mass is 328 g/mol. The molecule has 6 nitrogen and oxygen atoms in total. The summed E-state index contributed by atoms with van der Waals surface area (Å²) in [7, 11) is 0. The van der Waals surface area contributed by atoms with Gasteiger partial charge < -0.3 is 15.7 Å². The largest absolute Gasteiger partial charge is 0.480 e. The SMILES string of the molecule is O=C(CC(=O)NC1(C(=O)O)CCSCC1)NCC(F)(F)F. The van der Waals surface area contributed by atoms with Crippen molar-refractivity contribution >= 4 is 29.5 Å². The molecule has 2 amide bonds. The fourth-order valence-electron chi connectivity index (χ4n) is 1.83. The van der Waals surface area contributed by atoms with Crippen LogP contribution in [0.25, 0.3) is 0 Å². The number of carboxylic acid groups (broad SMARTS) is 1. The van der Waals surface area contributed by atoms with E-state index in [9.17, 15) is 32.7 Å². The number of amides is 2. The van der Waals surface area contributed by atoms with Crippen molar-refractivity contribution < 1.29 is 32.7 Å². The number of nitrogens with one attached hydrogen (secondary N) is 2. The molecule has 0 spiro atoms. The topological polar surface area (TPSA) is 95.5 Å². The van der Waals surface area contributed by atoms with E-state index in [1.54, 1.807) is 17.1 Å². The highest BCUT2D eigenvalue weighted by Gasteiger charge is 2.41. The minimum absolute atomic E-state index is 0.211. The number of carbonyl (C=O) groups excluding carboxylic acids is 2. The first-order chi connectivity index (χ1) is 9.65. The molecular formula is C11H15F3N2O4S. The van der Waals surface area contributed by atoms with Crippen molar-refractivity contribution in [2.75, 3.05) is 18.1 Å². The molecule has 0 unspecified atom stereocenters. The van der Waals surface area contributed by atoms with E-state index in [1.807, 2.05) is 0 Å². The Kier molecular flexibility index (Phi) is 5.87. The van der Waals surface area contributed by atoms with Gasteiger partial charge in [0.15, 0.2) is 0 Å². The van der Waals surface area contributed by atoms with Crippen molar-refractivity contribution in [3.05, 3.63) is 0 Å². The molecule has 1 aliphatic rings. The molecule has 1 fully saturated rings. The minimum Gasteiger partial charge on any atom is -0.480 e. The number of hydrogen-bond acceptors (Lipinski definition) is 4. The van der Waals surface area contributed by atoms with E-state index in [4.69, 9.17) is 0 Å². The van der Waals surface area contributed by atoms with Crippen molar-refractivity contribution in [1.29, 1.82) is 0 Å². The molecule has 0 aromatic heterocycles. The lowest BCUT2D eigenvalue weighted by Gasteiger charge is -2.33. The van der Waals surface area contributed by atoms with E-state index in [0.29, 0.717) is 11.5 Å². The molecule has 21 heavy (non-hydrogen) atoms. The van der Waals surface area contributed by atoms with Gasteiger partial charge in [0.2, 0.25) is 11.8 Å². The average Bonchev–Trinajstić information content (AvgIpc) is 2.36. The summed E-state index contributed by atoms with van der Waals surface area (Å²) in [6.07, 6.45) is -4.97. The van der Waals surface area contributed by atoms with Crippen LogP contribution < -0.4 is 10.6 Å². The predicted molar refractivity (Wildman–Crippen MR) is 68.8 cm³/mol. The molecule has 1 aliphatic heterocycles. The number of hydrogen-bond donors (Lipinski definition) is 3. The van der Waals surface area contributed by atoms with Crippen LogP contribution in [-0.4, -0.2) is 52.7 Å². The second-order valence-corrected chi connectivity index (χ2v) is 5.84. The van der Waals surface area contributed by atoms with Crippen molar-refractivity contribution in [2.24, 2.45) is 0 Å². The van der Waals surface area contributed by atoms with Gasteiger partial charge in [-0.1, -0.05) is 0 Å². The van der Waals surface area contributed by atoms with E-state index in [-0.39, 0.29) is 12.8 Å². The maximum atomic E-state index is 11.9. The van der Waals surface area contributed by atoms with E-state index >= 15 is 0 Å². The van der Waals surface area contributed by atoms with E-state index < -0.39 is 42.5 Å². The van der Waals surface area contributed by atoms with Gasteiger partial charge in [0, 0.05) is 0 Å². The van der Waals surface area contributed by atoms with Gasteiger partial charge in [0.1, 0.15) is 18.5 Å². The highest BCUT2D eigenvalue weighted by Crippen LogP contribution is 2.27. The Labute approximate surface area is 122 Å². The molecule has 0 atom stereocenters. The summed E-state index contributed by atoms with van der Waals surface area (Å²) in [6.45, 7) is -1.53. The van der Waals surface area contributed by atoms with Gasteiger partial charge in [0.05, 0.1) is 0 Å². The Morgan fingerprint density at radius 1 is 1.14 bits per heavy atom. The molecule has 1 heterocycles. The Hall–Kier alpha value is -1.45. The summed E-state index contributed by atoms with van der Waals surface area (Å²) >= 11 is 1.55. The van der Waals surface area contributed by atoms with Crippen LogP contribution >= 0.6 is 11.8 Å². The Morgan fingerprint density at radius 3 is 2.19 bits per heavy atom. The second kappa shape index (κ2) is 7.01. The first-order valence-corrected chi connectivity index (χ1v) is 7.26. The fourth-order valence-corrected chi connectivity index (χ4v) is 3.02. The first-order valence-electron chi connectivity index (χ1n) is 6.10. The van der Waals surface area contributed by atoms with Gasteiger partial charge in [-0.3, -0.25) is 9.59 Å². The lowest BCUT2D eigenvalue weighted by Crippen LogP contribution is -2.57. The number of thioether (sulfide) groups is 1. The summed E-state index contributed by atoms with van der Waals surface area (Å²) < 4.78 is 35.7. The number of rotatable bonds is 5. The fraction of sp³-hybridized carbons (Fsp3) is 0.727. The molecule has 0 bridgehead atoms. The summed E-state index contributed by atoms with van der Waals surface area (Å²) in [4.78, 5) is 34.1. The van der Waals surface area contributed by atoms with Crippen molar-refractivity contribution in [3.8, 4) is 0 Å². The number of halogens is 3. The zero-order valence-electron chi connectivity index (χ0n) is 11.0. The van der Waals surface area contributed by atoms with Crippen LogP contribution in [0.4, 0.5) is 13.2 Å². The van der Waals surface area contributed by atoms with Crippen molar-refractivity contribution in [3.63, 3.8) is 0 Å². The zero-order valence-corrected chi connectivity index (χ0v) is 11.8. The molecule has 1 saturated heterocycles. The normalized spacial score (nSPS) is 17.9. The van der Waals surface area contributed by atoms with Crippen LogP contribution in [0.2, 0.25) is 0 Å². The third-order valence-corrected chi connectivity index (χ3v) is 3.93. The summed E-state index contributed by atoms with van der Waals surface area (Å²) in [6, 6.07) is 0. The molecule has 0 aliphatic carbocycles. The molecule has 0 radical (unpaired) electrons. The van der Waals surface area contributed by atoms with E-state index in [1.165, 1.54) is 0 Å². The van der Waals surface area contributed by atoms with Gasteiger partial charge in [-0.05, 0) is 24.3 Å². The quantitative estimate of drug-likeness (QED) is 0.640. The van der Waals surface area contributed by atoms with Crippen LogP contribution in [0, 0.1) is 0 Å². The molecule has 0 aromatic rings. The molecule has 10 heteroatoms. The van der Waals surface area contributed by atoms with Crippen molar-refractivity contribution in [2.45, 2.75) is 31.0 Å². The lowest BCUT2D eigenvalue weighted by atomic mass is 9.92. The van der Waals surface area contributed by atoms with Gasteiger partial charge in [-0.25, -0.2) is 4.79 Å². The van der Waals surface area contributed by atoms with Crippen LogP contribution in [0.15, 0.2) is 0 Å². The summed E-state index contributed by atoms with van der Waals surface area (Å²) in [5, 5.41) is 13.0.